The summed E-state index contributed by atoms with van der Waals surface area (Å²) in [5, 5.41) is 10.8. The summed E-state index contributed by atoms with van der Waals surface area (Å²) in [6.45, 7) is 4.07. The van der Waals surface area contributed by atoms with Crippen molar-refractivity contribution >= 4 is 11.4 Å². The monoisotopic (exact) mass is 331 g/mol. The van der Waals surface area contributed by atoms with Crippen molar-refractivity contribution in [1.29, 1.82) is 0 Å². The molecule has 0 saturated heterocycles. The van der Waals surface area contributed by atoms with E-state index in [1.54, 1.807) is 40.4 Å². The van der Waals surface area contributed by atoms with E-state index in [0.29, 0.717) is 5.71 Å². The van der Waals surface area contributed by atoms with Gasteiger partial charge in [0.15, 0.2) is 0 Å². The van der Waals surface area contributed by atoms with Crippen molar-refractivity contribution in [3.63, 3.8) is 0 Å². The Labute approximate surface area is 144 Å². The predicted octanol–water partition coefficient (Wildman–Crippen LogP) is 3.70. The van der Waals surface area contributed by atoms with Gasteiger partial charge >= 0.3 is 0 Å². The lowest BCUT2D eigenvalue weighted by Gasteiger charge is -2.21. The molecular formula is C19H14FN5. The second-order valence-electron chi connectivity index (χ2n) is 5.44. The van der Waals surface area contributed by atoms with E-state index >= 15 is 0 Å². The van der Waals surface area contributed by atoms with Crippen LogP contribution in [0, 0.1) is 5.82 Å². The minimum atomic E-state index is -0.288. The largest absolute Gasteiger partial charge is 0.265 e. The first kappa shape index (κ1) is 15.0. The maximum absolute atomic E-state index is 13.2. The molecule has 0 aliphatic carbocycles. The van der Waals surface area contributed by atoms with Gasteiger partial charge in [0.25, 0.3) is 0 Å². The molecule has 1 aromatic carbocycles. The van der Waals surface area contributed by atoms with Gasteiger partial charge in [-0.2, -0.15) is 10.2 Å². The van der Waals surface area contributed by atoms with Crippen LogP contribution in [0.5, 0.6) is 0 Å². The Morgan fingerprint density at radius 3 is 2.40 bits per heavy atom. The first-order valence-corrected chi connectivity index (χ1v) is 7.68. The van der Waals surface area contributed by atoms with Crippen LogP contribution in [0.15, 0.2) is 90.6 Å². The zero-order valence-electron chi connectivity index (χ0n) is 13.2. The topological polar surface area (TPSA) is 46.3 Å². The second kappa shape index (κ2) is 6.16. The summed E-state index contributed by atoms with van der Waals surface area (Å²) in [5.41, 5.74) is 3.89. The van der Waals surface area contributed by atoms with E-state index in [1.807, 2.05) is 30.5 Å². The van der Waals surface area contributed by atoms with Crippen LogP contribution in [0.4, 0.5) is 10.1 Å². The van der Waals surface area contributed by atoms with Crippen LogP contribution < -0.4 is 5.01 Å². The minimum absolute atomic E-state index is 0.288. The molecule has 2 aromatic heterocycles. The second-order valence-corrected chi connectivity index (χ2v) is 5.44. The maximum Gasteiger partial charge on any atom is 0.123 e. The van der Waals surface area contributed by atoms with Gasteiger partial charge in [0.2, 0.25) is 0 Å². The summed E-state index contributed by atoms with van der Waals surface area (Å²) in [7, 11) is 0. The third-order valence-electron chi connectivity index (χ3n) is 3.81. The summed E-state index contributed by atoms with van der Waals surface area (Å²) in [6, 6.07) is 11.8. The number of pyridine rings is 1. The zero-order valence-corrected chi connectivity index (χ0v) is 13.2. The quantitative estimate of drug-likeness (QED) is 0.735. The van der Waals surface area contributed by atoms with E-state index in [-0.39, 0.29) is 5.82 Å². The van der Waals surface area contributed by atoms with Crippen molar-refractivity contribution < 1.29 is 4.39 Å². The van der Waals surface area contributed by atoms with Gasteiger partial charge in [-0.1, -0.05) is 6.58 Å². The average Bonchev–Trinajstić information content (AvgIpc) is 3.13. The minimum Gasteiger partial charge on any atom is -0.265 e. The van der Waals surface area contributed by atoms with E-state index in [4.69, 9.17) is 0 Å². The molecule has 0 amide bonds. The summed E-state index contributed by atoms with van der Waals surface area (Å²) in [6.07, 6.45) is 8.85. The molecule has 3 aromatic rings. The number of aromatic nitrogens is 3. The molecule has 0 atom stereocenters. The summed E-state index contributed by atoms with van der Waals surface area (Å²) < 4.78 is 14.9. The number of nitrogens with zero attached hydrogens (tertiary/aromatic N) is 5. The third-order valence-corrected chi connectivity index (χ3v) is 3.81. The zero-order chi connectivity index (χ0) is 17.2. The Hall–Kier alpha value is -3.54. The molecular weight excluding hydrogens is 317 g/mol. The Morgan fingerprint density at radius 2 is 1.64 bits per heavy atom. The molecule has 0 radical (unpaired) electrons. The number of hydrazone groups is 1. The smallest absolute Gasteiger partial charge is 0.123 e. The summed E-state index contributed by atoms with van der Waals surface area (Å²) in [5.74, 6) is -0.288. The van der Waals surface area contributed by atoms with Gasteiger partial charge in [-0.05, 0) is 54.1 Å². The number of rotatable bonds is 3. The predicted molar refractivity (Wildman–Crippen MR) is 95.1 cm³/mol. The van der Waals surface area contributed by atoms with E-state index in [9.17, 15) is 4.39 Å². The average molecular weight is 331 g/mol. The van der Waals surface area contributed by atoms with Crippen LogP contribution >= 0.6 is 0 Å². The first-order valence-electron chi connectivity index (χ1n) is 7.68. The van der Waals surface area contributed by atoms with Crippen LogP contribution in [-0.4, -0.2) is 20.5 Å². The van der Waals surface area contributed by atoms with Crippen molar-refractivity contribution in [2.24, 2.45) is 5.10 Å². The van der Waals surface area contributed by atoms with Gasteiger partial charge in [-0.25, -0.2) is 14.1 Å². The van der Waals surface area contributed by atoms with Crippen LogP contribution in [-0.2, 0) is 0 Å². The van der Waals surface area contributed by atoms with Gasteiger partial charge in [-0.3, -0.25) is 4.98 Å². The van der Waals surface area contributed by atoms with Crippen molar-refractivity contribution in [2.75, 3.05) is 5.01 Å². The fourth-order valence-corrected chi connectivity index (χ4v) is 2.57. The van der Waals surface area contributed by atoms with Crippen molar-refractivity contribution in [1.82, 2.24) is 14.8 Å². The molecule has 0 unspecified atom stereocenters. The highest BCUT2D eigenvalue weighted by molar-refractivity contribution is 6.14. The third kappa shape index (κ3) is 2.85. The van der Waals surface area contributed by atoms with Gasteiger partial charge < -0.3 is 0 Å². The molecule has 6 heteroatoms. The fraction of sp³-hybridized carbons (Fsp3) is 0. The lowest BCUT2D eigenvalue weighted by Crippen LogP contribution is -2.20. The molecule has 4 rings (SSSR count). The van der Waals surface area contributed by atoms with Crippen molar-refractivity contribution in [3.05, 3.63) is 97.0 Å². The number of benzene rings is 1. The standard InChI is InChI=1S/C19H14FN5/c1-14-9-13-24(16-6-10-21-11-7-16)23-19(14)18-8-12-22-25(18)17-4-2-15(20)3-5-17/h2-13H,1H2. The summed E-state index contributed by atoms with van der Waals surface area (Å²) >= 11 is 0. The van der Waals surface area contributed by atoms with Crippen LogP contribution in [0.25, 0.3) is 5.69 Å². The van der Waals surface area contributed by atoms with E-state index in [1.165, 1.54) is 12.1 Å². The number of hydrogen-bond donors (Lipinski definition) is 0. The molecule has 5 nitrogen and oxygen atoms in total. The number of halogens is 1. The maximum atomic E-state index is 13.2. The van der Waals surface area contributed by atoms with Gasteiger partial charge in [-0.15, -0.1) is 0 Å². The first-order chi connectivity index (χ1) is 12.2. The van der Waals surface area contributed by atoms with Gasteiger partial charge in [0, 0.05) is 18.6 Å². The Balaban J connectivity index is 1.76. The van der Waals surface area contributed by atoms with Crippen molar-refractivity contribution in [3.8, 4) is 5.69 Å². The molecule has 1 aliphatic rings. The Morgan fingerprint density at radius 1 is 0.880 bits per heavy atom. The van der Waals surface area contributed by atoms with Gasteiger partial charge in [0.1, 0.15) is 11.5 Å². The molecule has 25 heavy (non-hydrogen) atoms. The molecule has 122 valence electrons. The van der Waals surface area contributed by atoms with E-state index < -0.39 is 0 Å². The molecule has 0 fully saturated rings. The Bertz CT molecular complexity index is 971. The molecule has 0 N–H and O–H groups in total. The number of hydrogen-bond acceptors (Lipinski definition) is 4. The lowest BCUT2D eigenvalue weighted by molar-refractivity contribution is 0.627. The summed E-state index contributed by atoms with van der Waals surface area (Å²) in [4.78, 5) is 4.02. The number of anilines is 1. The highest BCUT2D eigenvalue weighted by Gasteiger charge is 2.18. The van der Waals surface area contributed by atoms with E-state index in [0.717, 1.165) is 22.6 Å². The highest BCUT2D eigenvalue weighted by Crippen LogP contribution is 2.22. The molecule has 1 aliphatic heterocycles. The normalized spacial score (nSPS) is 13.9. The Kier molecular flexibility index (Phi) is 3.70. The highest BCUT2D eigenvalue weighted by atomic mass is 19.1. The van der Waals surface area contributed by atoms with Crippen LogP contribution in [0.2, 0.25) is 0 Å². The van der Waals surface area contributed by atoms with Gasteiger partial charge in [0.05, 0.1) is 23.3 Å². The molecule has 3 heterocycles. The number of allylic oxidation sites excluding steroid dienone is 2. The molecule has 0 saturated carbocycles. The lowest BCUT2D eigenvalue weighted by atomic mass is 10.1. The SMILES string of the molecule is C=C1C=CN(c2ccncc2)N=C1c1ccnn1-c1ccc(F)cc1. The van der Waals surface area contributed by atoms with Crippen LogP contribution in [0.3, 0.4) is 0 Å². The van der Waals surface area contributed by atoms with E-state index in [2.05, 4.69) is 21.8 Å². The van der Waals surface area contributed by atoms with Crippen molar-refractivity contribution in [2.45, 2.75) is 0 Å². The molecule has 0 spiro atoms. The fourth-order valence-electron chi connectivity index (χ4n) is 2.57. The molecule has 0 bridgehead atoms. The van der Waals surface area contributed by atoms with Crippen LogP contribution in [0.1, 0.15) is 5.69 Å².